The lowest BCUT2D eigenvalue weighted by Gasteiger charge is -2.30. The molecule has 0 amide bonds. The van der Waals surface area contributed by atoms with Crippen molar-refractivity contribution in [3.8, 4) is 0 Å². The van der Waals surface area contributed by atoms with Crippen molar-refractivity contribution < 1.29 is 18.0 Å². The number of aliphatic hydroxyl groups excluding tert-OH is 1. The summed E-state index contributed by atoms with van der Waals surface area (Å²) in [7, 11) is -3.60. The number of sulfonamides is 1. The van der Waals surface area contributed by atoms with E-state index in [0.717, 1.165) is 32.1 Å². The molecule has 3 unspecified atom stereocenters. The molecule has 1 saturated carbocycles. The lowest BCUT2D eigenvalue weighted by Crippen LogP contribution is -2.42. The molecule has 118 valence electrons. The van der Waals surface area contributed by atoms with Gasteiger partial charge in [0.25, 0.3) is 0 Å². The van der Waals surface area contributed by atoms with E-state index < -0.39 is 10.0 Å². The van der Waals surface area contributed by atoms with Crippen LogP contribution in [0.3, 0.4) is 0 Å². The van der Waals surface area contributed by atoms with Gasteiger partial charge in [0.2, 0.25) is 10.0 Å². The molecule has 2 fully saturated rings. The standard InChI is InChI=1S/C14H22N2O4S/c1-9-14(10(2)20-15-9)21(18,19)16-8-4-6-12(16)11-5-3-7-13(11)17/h11-13,17H,3-8H2,1-2H3. The quantitative estimate of drug-likeness (QED) is 0.916. The molecule has 21 heavy (non-hydrogen) atoms. The molecule has 1 aromatic rings. The van der Waals surface area contributed by atoms with Crippen LogP contribution in [0, 0.1) is 19.8 Å². The fourth-order valence-electron chi connectivity index (χ4n) is 3.87. The highest BCUT2D eigenvalue weighted by molar-refractivity contribution is 7.89. The first-order chi connectivity index (χ1) is 9.93. The maximum atomic E-state index is 13.0. The molecule has 1 aliphatic carbocycles. The van der Waals surface area contributed by atoms with E-state index in [-0.39, 0.29) is 23.0 Å². The number of aryl methyl sites for hydroxylation is 2. The van der Waals surface area contributed by atoms with E-state index in [2.05, 4.69) is 5.16 Å². The summed E-state index contributed by atoms with van der Waals surface area (Å²) in [4.78, 5) is 0.196. The Labute approximate surface area is 125 Å². The molecule has 1 aliphatic heterocycles. The van der Waals surface area contributed by atoms with Crippen molar-refractivity contribution in [2.24, 2.45) is 5.92 Å². The van der Waals surface area contributed by atoms with Crippen molar-refractivity contribution in [3.05, 3.63) is 11.5 Å². The Morgan fingerprint density at radius 1 is 1.24 bits per heavy atom. The smallest absolute Gasteiger partial charge is 0.248 e. The summed E-state index contributed by atoms with van der Waals surface area (Å²) >= 11 is 0. The number of nitrogens with zero attached hydrogens (tertiary/aromatic N) is 2. The molecule has 3 atom stereocenters. The first-order valence-electron chi connectivity index (χ1n) is 7.55. The third-order valence-corrected chi connectivity index (χ3v) is 6.98. The van der Waals surface area contributed by atoms with Gasteiger partial charge in [0.15, 0.2) is 5.76 Å². The lowest BCUT2D eigenvalue weighted by atomic mass is 9.95. The molecule has 2 heterocycles. The second-order valence-corrected chi connectivity index (χ2v) is 7.97. The number of hydrogen-bond donors (Lipinski definition) is 1. The van der Waals surface area contributed by atoms with Gasteiger partial charge >= 0.3 is 0 Å². The van der Waals surface area contributed by atoms with Gasteiger partial charge in [-0.2, -0.15) is 4.31 Å². The number of aliphatic hydroxyl groups is 1. The van der Waals surface area contributed by atoms with Gasteiger partial charge in [-0.25, -0.2) is 8.42 Å². The van der Waals surface area contributed by atoms with Gasteiger partial charge in [-0.15, -0.1) is 0 Å². The van der Waals surface area contributed by atoms with Crippen molar-refractivity contribution in [2.75, 3.05) is 6.54 Å². The molecule has 0 spiro atoms. The van der Waals surface area contributed by atoms with Gasteiger partial charge in [-0.1, -0.05) is 11.6 Å². The average Bonchev–Trinajstić information content (AvgIpc) is 3.09. The molecule has 1 aromatic heterocycles. The SMILES string of the molecule is Cc1noc(C)c1S(=O)(=O)N1CCCC1C1CCCC1O. The topological polar surface area (TPSA) is 83.6 Å². The van der Waals surface area contributed by atoms with Crippen LogP contribution in [0.5, 0.6) is 0 Å². The van der Waals surface area contributed by atoms with Gasteiger partial charge in [-0.3, -0.25) is 0 Å². The first kappa shape index (κ1) is 15.0. The summed E-state index contributed by atoms with van der Waals surface area (Å²) in [5.74, 6) is 0.396. The second kappa shape index (κ2) is 5.37. The van der Waals surface area contributed by atoms with Gasteiger partial charge in [0.05, 0.1) is 6.10 Å². The van der Waals surface area contributed by atoms with Crippen LogP contribution in [-0.2, 0) is 10.0 Å². The Kier molecular flexibility index (Phi) is 3.83. The molecular weight excluding hydrogens is 292 g/mol. The van der Waals surface area contributed by atoms with Crippen molar-refractivity contribution in [2.45, 2.75) is 63.0 Å². The van der Waals surface area contributed by atoms with Crippen LogP contribution in [-0.4, -0.2) is 41.7 Å². The largest absolute Gasteiger partial charge is 0.393 e. The zero-order valence-corrected chi connectivity index (χ0v) is 13.3. The minimum atomic E-state index is -3.60. The molecule has 6 nitrogen and oxygen atoms in total. The number of hydrogen-bond acceptors (Lipinski definition) is 5. The lowest BCUT2D eigenvalue weighted by molar-refractivity contribution is 0.0974. The monoisotopic (exact) mass is 314 g/mol. The summed E-state index contributed by atoms with van der Waals surface area (Å²) in [6, 6.07) is -0.0961. The van der Waals surface area contributed by atoms with E-state index in [0.29, 0.717) is 18.0 Å². The highest BCUT2D eigenvalue weighted by Gasteiger charge is 2.44. The maximum Gasteiger partial charge on any atom is 0.248 e. The van der Waals surface area contributed by atoms with Crippen LogP contribution >= 0.6 is 0 Å². The van der Waals surface area contributed by atoms with E-state index in [4.69, 9.17) is 4.52 Å². The third kappa shape index (κ3) is 2.41. The molecule has 7 heteroatoms. The summed E-state index contributed by atoms with van der Waals surface area (Å²) in [6.45, 7) is 3.79. The van der Waals surface area contributed by atoms with Crippen LogP contribution in [0.4, 0.5) is 0 Å². The fraction of sp³-hybridized carbons (Fsp3) is 0.786. The van der Waals surface area contributed by atoms with E-state index in [9.17, 15) is 13.5 Å². The summed E-state index contributed by atoms with van der Waals surface area (Å²) in [5.41, 5.74) is 0.408. The Balaban J connectivity index is 1.94. The predicted octanol–water partition coefficient (Wildman–Crippen LogP) is 1.61. The Hall–Kier alpha value is -0.920. The Morgan fingerprint density at radius 2 is 2.00 bits per heavy atom. The van der Waals surface area contributed by atoms with Crippen LogP contribution in [0.2, 0.25) is 0 Å². The Morgan fingerprint density at radius 3 is 2.57 bits per heavy atom. The molecule has 1 saturated heterocycles. The van der Waals surface area contributed by atoms with Gasteiger partial charge in [0, 0.05) is 18.5 Å². The van der Waals surface area contributed by atoms with Crippen molar-refractivity contribution in [1.82, 2.24) is 9.46 Å². The molecule has 0 aromatic carbocycles. The Bertz CT molecular complexity index is 605. The molecule has 0 bridgehead atoms. The van der Waals surface area contributed by atoms with Crippen molar-refractivity contribution in [3.63, 3.8) is 0 Å². The van der Waals surface area contributed by atoms with Crippen molar-refractivity contribution >= 4 is 10.0 Å². The van der Waals surface area contributed by atoms with Crippen LogP contribution in [0.25, 0.3) is 0 Å². The maximum absolute atomic E-state index is 13.0. The van der Waals surface area contributed by atoms with Crippen LogP contribution in [0.15, 0.2) is 9.42 Å². The fourth-order valence-corrected chi connectivity index (χ4v) is 5.90. The minimum absolute atomic E-state index is 0.0581. The zero-order chi connectivity index (χ0) is 15.2. The first-order valence-corrected chi connectivity index (χ1v) is 8.99. The highest BCUT2D eigenvalue weighted by Crippen LogP contribution is 2.39. The van der Waals surface area contributed by atoms with E-state index in [1.54, 1.807) is 18.2 Å². The highest BCUT2D eigenvalue weighted by atomic mass is 32.2. The van der Waals surface area contributed by atoms with E-state index in [1.807, 2.05) is 0 Å². The van der Waals surface area contributed by atoms with Gasteiger partial charge in [-0.05, 0) is 39.5 Å². The molecule has 1 N–H and O–H groups in total. The van der Waals surface area contributed by atoms with E-state index >= 15 is 0 Å². The summed E-state index contributed by atoms with van der Waals surface area (Å²) in [5, 5.41) is 13.9. The summed E-state index contributed by atoms with van der Waals surface area (Å²) < 4.78 is 32.5. The third-order valence-electron chi connectivity index (χ3n) is 4.81. The zero-order valence-electron chi connectivity index (χ0n) is 12.4. The van der Waals surface area contributed by atoms with E-state index in [1.165, 1.54) is 0 Å². The second-order valence-electron chi connectivity index (χ2n) is 6.14. The summed E-state index contributed by atoms with van der Waals surface area (Å²) in [6.07, 6.45) is 3.94. The number of rotatable bonds is 3. The van der Waals surface area contributed by atoms with Crippen LogP contribution in [0.1, 0.15) is 43.6 Å². The average molecular weight is 314 g/mol. The van der Waals surface area contributed by atoms with Gasteiger partial charge in [0.1, 0.15) is 10.6 Å². The van der Waals surface area contributed by atoms with Gasteiger partial charge < -0.3 is 9.63 Å². The molecule has 2 aliphatic rings. The minimum Gasteiger partial charge on any atom is -0.393 e. The molecule has 0 radical (unpaired) electrons. The number of aromatic nitrogens is 1. The normalized spacial score (nSPS) is 31.1. The molecular formula is C14H22N2O4S. The van der Waals surface area contributed by atoms with Crippen LogP contribution < -0.4 is 0 Å². The van der Waals surface area contributed by atoms with Crippen molar-refractivity contribution in [1.29, 1.82) is 0 Å². The predicted molar refractivity (Wildman–Crippen MR) is 76.2 cm³/mol. The molecule has 3 rings (SSSR count).